The number of nitrogens with one attached hydrogen (secondary N) is 1. The van der Waals surface area contributed by atoms with Gasteiger partial charge in [-0.3, -0.25) is 4.72 Å². The SMILES string of the molecule is O=S(=O)(Nc1nc(-c2ccc(I)cc2)cs1)c1ccccc1. The largest absolute Gasteiger partial charge is 0.263 e. The Morgan fingerprint density at radius 1 is 1.00 bits per heavy atom. The third-order valence-corrected chi connectivity index (χ3v) is 5.88. The average Bonchev–Trinajstić information content (AvgIpc) is 2.97. The van der Waals surface area contributed by atoms with E-state index in [1.165, 1.54) is 11.3 Å². The number of halogens is 1. The monoisotopic (exact) mass is 442 g/mol. The van der Waals surface area contributed by atoms with Crippen LogP contribution < -0.4 is 4.72 Å². The van der Waals surface area contributed by atoms with Crippen molar-refractivity contribution >= 4 is 49.1 Å². The summed E-state index contributed by atoms with van der Waals surface area (Å²) in [7, 11) is -3.59. The Labute approximate surface area is 146 Å². The van der Waals surface area contributed by atoms with Crippen molar-refractivity contribution < 1.29 is 8.42 Å². The topological polar surface area (TPSA) is 59.1 Å². The molecule has 0 spiro atoms. The lowest BCUT2D eigenvalue weighted by Gasteiger charge is -2.04. The molecule has 0 aliphatic carbocycles. The van der Waals surface area contributed by atoms with Crippen LogP contribution in [-0.4, -0.2) is 13.4 Å². The van der Waals surface area contributed by atoms with E-state index in [0.717, 1.165) is 14.8 Å². The quantitative estimate of drug-likeness (QED) is 0.616. The number of benzene rings is 2. The number of hydrogen-bond acceptors (Lipinski definition) is 4. The number of aromatic nitrogens is 1. The van der Waals surface area contributed by atoms with Gasteiger partial charge in [0.2, 0.25) is 0 Å². The molecule has 0 amide bonds. The minimum Gasteiger partial charge on any atom is -0.255 e. The number of sulfonamides is 1. The van der Waals surface area contributed by atoms with Crippen molar-refractivity contribution in [3.63, 3.8) is 0 Å². The average molecular weight is 442 g/mol. The molecule has 0 atom stereocenters. The molecule has 0 bridgehead atoms. The fourth-order valence-electron chi connectivity index (χ4n) is 1.85. The van der Waals surface area contributed by atoms with Gasteiger partial charge in [0.1, 0.15) is 0 Å². The molecule has 0 saturated heterocycles. The number of thiazole rings is 1. The number of anilines is 1. The van der Waals surface area contributed by atoms with Gasteiger partial charge in [0, 0.05) is 14.5 Å². The van der Waals surface area contributed by atoms with Gasteiger partial charge in [-0.1, -0.05) is 30.3 Å². The molecule has 0 fully saturated rings. The van der Waals surface area contributed by atoms with Crippen LogP contribution in [0.4, 0.5) is 5.13 Å². The highest BCUT2D eigenvalue weighted by molar-refractivity contribution is 14.1. The normalized spacial score (nSPS) is 11.3. The first-order chi connectivity index (χ1) is 10.5. The summed E-state index contributed by atoms with van der Waals surface area (Å²) < 4.78 is 28.1. The highest BCUT2D eigenvalue weighted by atomic mass is 127. The lowest BCUT2D eigenvalue weighted by molar-refractivity contribution is 0.601. The van der Waals surface area contributed by atoms with Gasteiger partial charge in [-0.2, -0.15) is 0 Å². The molecule has 1 aromatic heterocycles. The van der Waals surface area contributed by atoms with E-state index >= 15 is 0 Å². The van der Waals surface area contributed by atoms with Gasteiger partial charge < -0.3 is 0 Å². The summed E-state index contributed by atoms with van der Waals surface area (Å²) in [6.07, 6.45) is 0. The molecule has 0 unspecified atom stereocenters. The summed E-state index contributed by atoms with van der Waals surface area (Å²) in [4.78, 5) is 4.57. The van der Waals surface area contributed by atoms with Crippen molar-refractivity contribution in [2.24, 2.45) is 0 Å². The zero-order valence-electron chi connectivity index (χ0n) is 11.2. The lowest BCUT2D eigenvalue weighted by Crippen LogP contribution is -2.12. The third kappa shape index (κ3) is 3.47. The standard InChI is InChI=1S/C15H11IN2O2S2/c16-12-8-6-11(7-9-12)14-10-21-15(17-14)18-22(19,20)13-4-2-1-3-5-13/h1-10H,(H,17,18). The fraction of sp³-hybridized carbons (Fsp3) is 0. The third-order valence-electron chi connectivity index (χ3n) is 2.92. The molecular weight excluding hydrogens is 431 g/mol. The highest BCUT2D eigenvalue weighted by Crippen LogP contribution is 2.27. The summed E-state index contributed by atoms with van der Waals surface area (Å²) in [5.41, 5.74) is 1.72. The fourth-order valence-corrected chi connectivity index (χ4v) is 4.20. The van der Waals surface area contributed by atoms with Crippen molar-refractivity contribution in [1.29, 1.82) is 0 Å². The van der Waals surface area contributed by atoms with Crippen LogP contribution in [0.25, 0.3) is 11.3 Å². The maximum absolute atomic E-state index is 12.2. The summed E-state index contributed by atoms with van der Waals surface area (Å²) in [6, 6.07) is 16.2. The van der Waals surface area contributed by atoms with Crippen molar-refractivity contribution in [1.82, 2.24) is 4.98 Å². The summed E-state index contributed by atoms with van der Waals surface area (Å²) in [5.74, 6) is 0. The molecule has 1 N–H and O–H groups in total. The molecule has 22 heavy (non-hydrogen) atoms. The van der Waals surface area contributed by atoms with E-state index in [-0.39, 0.29) is 4.90 Å². The molecule has 112 valence electrons. The lowest BCUT2D eigenvalue weighted by atomic mass is 10.2. The van der Waals surface area contributed by atoms with E-state index in [2.05, 4.69) is 32.3 Å². The van der Waals surface area contributed by atoms with Crippen molar-refractivity contribution in [3.8, 4) is 11.3 Å². The molecule has 4 nitrogen and oxygen atoms in total. The molecule has 1 heterocycles. The van der Waals surface area contributed by atoms with Crippen LogP contribution in [0, 0.1) is 3.57 Å². The first-order valence-corrected chi connectivity index (χ1v) is 9.78. The van der Waals surface area contributed by atoms with Gasteiger partial charge in [-0.25, -0.2) is 13.4 Å². The maximum atomic E-state index is 12.2. The maximum Gasteiger partial charge on any atom is 0.263 e. The predicted octanol–water partition coefficient (Wildman–Crippen LogP) is 4.22. The zero-order chi connectivity index (χ0) is 15.6. The highest BCUT2D eigenvalue weighted by Gasteiger charge is 2.15. The van der Waals surface area contributed by atoms with Crippen LogP contribution in [0.3, 0.4) is 0 Å². The Morgan fingerprint density at radius 3 is 2.36 bits per heavy atom. The van der Waals surface area contributed by atoms with Crippen molar-refractivity contribution in [2.45, 2.75) is 4.90 Å². The van der Waals surface area contributed by atoms with Crippen molar-refractivity contribution in [3.05, 3.63) is 63.5 Å². The smallest absolute Gasteiger partial charge is 0.255 e. The molecule has 7 heteroatoms. The predicted molar refractivity (Wildman–Crippen MR) is 97.5 cm³/mol. The molecule has 0 aliphatic rings. The minimum absolute atomic E-state index is 0.223. The molecule has 0 aliphatic heterocycles. The Bertz CT molecular complexity index is 875. The number of rotatable bonds is 4. The van der Waals surface area contributed by atoms with E-state index < -0.39 is 10.0 Å². The second-order valence-electron chi connectivity index (χ2n) is 4.46. The molecule has 0 saturated carbocycles. The van der Waals surface area contributed by atoms with Gasteiger partial charge in [0.05, 0.1) is 10.6 Å². The molecular formula is C15H11IN2O2S2. The minimum atomic E-state index is -3.59. The second-order valence-corrected chi connectivity index (χ2v) is 8.25. The van der Waals surface area contributed by atoms with Crippen molar-refractivity contribution in [2.75, 3.05) is 4.72 Å². The van der Waals surface area contributed by atoms with E-state index in [0.29, 0.717) is 5.13 Å². The van der Waals surface area contributed by atoms with Crippen LogP contribution in [0.5, 0.6) is 0 Å². The first-order valence-electron chi connectivity index (χ1n) is 6.34. The molecule has 3 aromatic rings. The number of hydrogen-bond donors (Lipinski definition) is 1. The van der Waals surface area contributed by atoms with Gasteiger partial charge in [0.25, 0.3) is 10.0 Å². The number of nitrogens with zero attached hydrogens (tertiary/aromatic N) is 1. The Morgan fingerprint density at radius 2 is 1.68 bits per heavy atom. The Kier molecular flexibility index (Phi) is 4.46. The Hall–Kier alpha value is -1.45. The van der Waals surface area contributed by atoms with Gasteiger partial charge in [-0.05, 0) is 46.9 Å². The van der Waals surface area contributed by atoms with Crippen LogP contribution in [0.2, 0.25) is 0 Å². The summed E-state index contributed by atoms with van der Waals surface area (Å²) >= 11 is 3.50. The molecule has 0 radical (unpaired) electrons. The van der Waals surface area contributed by atoms with Crippen LogP contribution in [0.1, 0.15) is 0 Å². The molecule has 2 aromatic carbocycles. The Balaban J connectivity index is 1.84. The second kappa shape index (κ2) is 6.35. The zero-order valence-corrected chi connectivity index (χ0v) is 15.0. The molecule has 3 rings (SSSR count). The van der Waals surface area contributed by atoms with Gasteiger partial charge in [-0.15, -0.1) is 11.3 Å². The van der Waals surface area contributed by atoms with E-state index in [4.69, 9.17) is 0 Å². The summed E-state index contributed by atoms with van der Waals surface area (Å²) in [5, 5.41) is 2.20. The van der Waals surface area contributed by atoms with Gasteiger partial charge in [0.15, 0.2) is 5.13 Å². The van der Waals surface area contributed by atoms with Crippen LogP contribution >= 0.6 is 33.9 Å². The van der Waals surface area contributed by atoms with Crippen LogP contribution in [-0.2, 0) is 10.0 Å². The van der Waals surface area contributed by atoms with E-state index in [9.17, 15) is 8.42 Å². The first kappa shape index (κ1) is 15.4. The summed E-state index contributed by atoms with van der Waals surface area (Å²) in [6.45, 7) is 0. The van der Waals surface area contributed by atoms with E-state index in [1.807, 2.05) is 29.6 Å². The van der Waals surface area contributed by atoms with Gasteiger partial charge >= 0.3 is 0 Å². The van der Waals surface area contributed by atoms with E-state index in [1.54, 1.807) is 30.3 Å². The van der Waals surface area contributed by atoms with Crippen LogP contribution in [0.15, 0.2) is 64.9 Å².